The summed E-state index contributed by atoms with van der Waals surface area (Å²) in [6, 6.07) is 1.66. The van der Waals surface area contributed by atoms with Crippen LogP contribution in [0.4, 0.5) is 5.69 Å². The number of hydrogen-bond donors (Lipinski definition) is 0. The number of rotatable bonds is 2. The lowest BCUT2D eigenvalue weighted by atomic mass is 10.3. The molecular formula is C10H10N2O3. The fourth-order valence-corrected chi connectivity index (χ4v) is 1.55. The molecule has 5 heteroatoms. The highest BCUT2D eigenvalue weighted by Crippen LogP contribution is 2.28. The summed E-state index contributed by atoms with van der Waals surface area (Å²) in [5.41, 5.74) is 0.552. The van der Waals surface area contributed by atoms with Crippen LogP contribution in [-0.2, 0) is 9.59 Å². The first kappa shape index (κ1) is 9.64. The predicted octanol–water partition coefficient (Wildman–Crippen LogP) is 0.396. The van der Waals surface area contributed by atoms with Gasteiger partial charge in [0, 0.05) is 12.3 Å². The minimum atomic E-state index is -0.202. The van der Waals surface area contributed by atoms with E-state index in [-0.39, 0.29) is 24.7 Å². The molecule has 0 radical (unpaired) electrons. The maximum atomic E-state index is 11.5. The molecule has 0 bridgehead atoms. The third-order valence-corrected chi connectivity index (χ3v) is 2.26. The van der Waals surface area contributed by atoms with Crippen LogP contribution in [-0.4, -0.2) is 30.3 Å². The second-order valence-corrected chi connectivity index (χ2v) is 3.24. The number of anilines is 1. The summed E-state index contributed by atoms with van der Waals surface area (Å²) in [7, 11) is 1.52. The van der Waals surface area contributed by atoms with Crippen molar-refractivity contribution in [3.63, 3.8) is 0 Å². The maximum absolute atomic E-state index is 11.5. The van der Waals surface area contributed by atoms with Gasteiger partial charge >= 0.3 is 0 Å². The molecule has 1 fully saturated rings. The van der Waals surface area contributed by atoms with Crippen LogP contribution in [0.3, 0.4) is 0 Å². The molecule has 0 saturated carbocycles. The summed E-state index contributed by atoms with van der Waals surface area (Å²) in [4.78, 5) is 27.9. The summed E-state index contributed by atoms with van der Waals surface area (Å²) in [5.74, 6) is 0.269. The largest absolute Gasteiger partial charge is 0.494 e. The number of nitrogens with zero attached hydrogens (tertiary/aromatic N) is 2. The summed E-state index contributed by atoms with van der Waals surface area (Å²) >= 11 is 0. The van der Waals surface area contributed by atoms with E-state index in [1.807, 2.05) is 0 Å². The zero-order valence-electron chi connectivity index (χ0n) is 8.27. The molecule has 1 saturated heterocycles. The normalized spacial score (nSPS) is 15.9. The monoisotopic (exact) mass is 206 g/mol. The molecule has 2 heterocycles. The van der Waals surface area contributed by atoms with Gasteiger partial charge in [0.15, 0.2) is 5.78 Å². The third kappa shape index (κ3) is 1.68. The Bertz CT molecular complexity index is 417. The maximum Gasteiger partial charge on any atom is 0.235 e. The summed E-state index contributed by atoms with van der Waals surface area (Å²) in [6.07, 6.45) is 3.07. The highest BCUT2D eigenvalue weighted by atomic mass is 16.5. The molecule has 15 heavy (non-hydrogen) atoms. The Morgan fingerprint density at radius 3 is 2.87 bits per heavy atom. The minimum Gasteiger partial charge on any atom is -0.494 e. The zero-order valence-corrected chi connectivity index (χ0v) is 8.27. The molecule has 5 nitrogen and oxygen atoms in total. The van der Waals surface area contributed by atoms with Crippen molar-refractivity contribution in [2.75, 3.05) is 18.6 Å². The van der Waals surface area contributed by atoms with Gasteiger partial charge in [-0.2, -0.15) is 0 Å². The van der Waals surface area contributed by atoms with Gasteiger partial charge in [-0.3, -0.25) is 19.5 Å². The Morgan fingerprint density at radius 2 is 2.27 bits per heavy atom. The number of ether oxygens (including phenoxy) is 1. The smallest absolute Gasteiger partial charge is 0.235 e. The van der Waals surface area contributed by atoms with Crippen molar-refractivity contribution in [1.29, 1.82) is 0 Å². The minimum absolute atomic E-state index is 0.0297. The van der Waals surface area contributed by atoms with E-state index in [1.165, 1.54) is 18.2 Å². The van der Waals surface area contributed by atoms with Crippen molar-refractivity contribution in [3.8, 4) is 5.75 Å². The molecule has 0 aromatic carbocycles. The van der Waals surface area contributed by atoms with E-state index in [0.717, 1.165) is 0 Å². The first-order valence-electron chi connectivity index (χ1n) is 4.52. The van der Waals surface area contributed by atoms with E-state index in [0.29, 0.717) is 11.4 Å². The van der Waals surface area contributed by atoms with Gasteiger partial charge in [0.05, 0.1) is 26.3 Å². The number of amides is 1. The van der Waals surface area contributed by atoms with Crippen molar-refractivity contribution < 1.29 is 14.3 Å². The molecule has 1 amide bonds. The first-order chi connectivity index (χ1) is 7.22. The second-order valence-electron chi connectivity index (χ2n) is 3.24. The lowest BCUT2D eigenvalue weighted by molar-refractivity contribution is -0.121. The zero-order chi connectivity index (χ0) is 10.8. The molecule has 1 aromatic heterocycles. The van der Waals surface area contributed by atoms with Crippen LogP contribution in [0.15, 0.2) is 18.5 Å². The number of ketones is 1. The molecule has 78 valence electrons. The molecule has 2 rings (SSSR count). The standard InChI is InChI=1S/C10H10N2O3/c1-15-9-2-3-11-5-8(9)12-6-7(13)4-10(12)14/h2-3,5H,4,6H2,1H3. The number of hydrogen-bond acceptors (Lipinski definition) is 4. The van der Waals surface area contributed by atoms with E-state index in [9.17, 15) is 9.59 Å². The Hall–Kier alpha value is -1.91. The molecule has 0 unspecified atom stereocenters. The van der Waals surface area contributed by atoms with Crippen molar-refractivity contribution in [1.82, 2.24) is 4.98 Å². The average molecular weight is 206 g/mol. The fourth-order valence-electron chi connectivity index (χ4n) is 1.55. The topological polar surface area (TPSA) is 59.5 Å². The SMILES string of the molecule is COc1ccncc1N1CC(=O)CC1=O. The van der Waals surface area contributed by atoms with Gasteiger partial charge < -0.3 is 4.74 Å². The fraction of sp³-hybridized carbons (Fsp3) is 0.300. The molecule has 0 N–H and O–H groups in total. The van der Waals surface area contributed by atoms with Crippen LogP contribution < -0.4 is 9.64 Å². The van der Waals surface area contributed by atoms with E-state index >= 15 is 0 Å². The van der Waals surface area contributed by atoms with Crippen LogP contribution in [0.1, 0.15) is 6.42 Å². The lowest BCUT2D eigenvalue weighted by Crippen LogP contribution is -2.25. The molecule has 1 aliphatic heterocycles. The van der Waals surface area contributed by atoms with Gasteiger partial charge in [-0.1, -0.05) is 0 Å². The molecule has 1 aromatic rings. The van der Waals surface area contributed by atoms with Crippen LogP contribution in [0, 0.1) is 0 Å². The Labute approximate surface area is 86.7 Å². The van der Waals surface area contributed by atoms with Crippen LogP contribution in [0.2, 0.25) is 0 Å². The molecular weight excluding hydrogens is 196 g/mol. The van der Waals surface area contributed by atoms with E-state index in [2.05, 4.69) is 4.98 Å². The van der Waals surface area contributed by atoms with Gasteiger partial charge in [0.25, 0.3) is 0 Å². The summed E-state index contributed by atoms with van der Waals surface area (Å²) < 4.78 is 5.10. The number of pyridine rings is 1. The van der Waals surface area contributed by atoms with Crippen LogP contribution in [0.5, 0.6) is 5.75 Å². The van der Waals surface area contributed by atoms with Gasteiger partial charge in [-0.25, -0.2) is 0 Å². The summed E-state index contributed by atoms with van der Waals surface area (Å²) in [5, 5.41) is 0. The number of carbonyl (C=O) groups excluding carboxylic acids is 2. The number of carbonyl (C=O) groups is 2. The van der Waals surface area contributed by atoms with Crippen molar-refractivity contribution in [2.45, 2.75) is 6.42 Å². The van der Waals surface area contributed by atoms with Crippen LogP contribution in [0.25, 0.3) is 0 Å². The molecule has 0 atom stereocenters. The second kappa shape index (κ2) is 3.68. The number of aromatic nitrogens is 1. The average Bonchev–Trinajstić information content (AvgIpc) is 2.57. The molecule has 1 aliphatic rings. The van der Waals surface area contributed by atoms with Gasteiger partial charge in [0.1, 0.15) is 11.4 Å². The Morgan fingerprint density at radius 1 is 1.47 bits per heavy atom. The number of Topliss-reactive ketones (excluding diaryl/α,β-unsaturated/α-hetero) is 1. The van der Waals surface area contributed by atoms with E-state index in [4.69, 9.17) is 4.74 Å². The molecule has 0 aliphatic carbocycles. The summed E-state index contributed by atoms with van der Waals surface area (Å²) in [6.45, 7) is 0.112. The van der Waals surface area contributed by atoms with Gasteiger partial charge in [-0.15, -0.1) is 0 Å². The quantitative estimate of drug-likeness (QED) is 0.657. The van der Waals surface area contributed by atoms with Crippen molar-refractivity contribution >= 4 is 17.4 Å². The Kier molecular flexibility index (Phi) is 2.37. The van der Waals surface area contributed by atoms with Crippen molar-refractivity contribution in [3.05, 3.63) is 18.5 Å². The number of methoxy groups -OCH3 is 1. The van der Waals surface area contributed by atoms with Gasteiger partial charge in [-0.05, 0) is 0 Å². The predicted molar refractivity (Wildman–Crippen MR) is 52.8 cm³/mol. The van der Waals surface area contributed by atoms with E-state index in [1.54, 1.807) is 12.3 Å². The highest BCUT2D eigenvalue weighted by Gasteiger charge is 2.30. The molecule has 0 spiro atoms. The van der Waals surface area contributed by atoms with E-state index < -0.39 is 0 Å². The first-order valence-corrected chi connectivity index (χ1v) is 4.52. The third-order valence-electron chi connectivity index (χ3n) is 2.26. The van der Waals surface area contributed by atoms with Crippen LogP contribution >= 0.6 is 0 Å². The highest BCUT2D eigenvalue weighted by molar-refractivity contribution is 6.15. The van der Waals surface area contributed by atoms with Crippen molar-refractivity contribution in [2.24, 2.45) is 0 Å². The van der Waals surface area contributed by atoms with Gasteiger partial charge in [0.2, 0.25) is 5.91 Å². The lowest BCUT2D eigenvalue weighted by Gasteiger charge is -2.16. The Balaban J connectivity index is 2.37.